The maximum absolute atomic E-state index is 11.9. The van der Waals surface area contributed by atoms with Gasteiger partial charge in [0.25, 0.3) is 10.1 Å². The number of unbranched alkanes of at least 4 members (excludes halogenated alkanes) is 5. The molecule has 166 valence electrons. The van der Waals surface area contributed by atoms with Crippen LogP contribution in [0.15, 0.2) is 35.2 Å². The third-order valence-corrected chi connectivity index (χ3v) is 5.42. The van der Waals surface area contributed by atoms with Crippen LogP contribution in [-0.2, 0) is 33.3 Å². The molecule has 0 aliphatic rings. The van der Waals surface area contributed by atoms with Gasteiger partial charge in [0.15, 0.2) is 0 Å². The minimum atomic E-state index is -3.75. The lowest BCUT2D eigenvalue weighted by Crippen LogP contribution is -2.15. The molecule has 0 aliphatic heterocycles. The van der Waals surface area contributed by atoms with E-state index in [9.17, 15) is 13.2 Å². The normalized spacial score (nSPS) is 11.5. The second kappa shape index (κ2) is 16.3. The fraction of sp³-hybridized carbons (Fsp3) is 0.667. The van der Waals surface area contributed by atoms with Crippen molar-refractivity contribution in [2.45, 2.75) is 56.8 Å². The minimum Gasteiger partial charge on any atom is -0.463 e. The van der Waals surface area contributed by atoms with Crippen molar-refractivity contribution in [3.8, 4) is 0 Å². The number of carbonyl (C=O) groups is 1. The Morgan fingerprint density at radius 1 is 0.793 bits per heavy atom. The van der Waals surface area contributed by atoms with Crippen molar-refractivity contribution >= 4 is 16.1 Å². The molecule has 0 saturated heterocycles. The first kappa shape index (κ1) is 25.6. The maximum Gasteiger partial charge on any atom is 0.305 e. The monoisotopic (exact) mass is 430 g/mol. The molecule has 29 heavy (non-hydrogen) atoms. The first-order valence-corrected chi connectivity index (χ1v) is 11.7. The zero-order chi connectivity index (χ0) is 21.2. The highest BCUT2D eigenvalue weighted by atomic mass is 32.2. The van der Waals surface area contributed by atoms with Gasteiger partial charge in [-0.1, -0.05) is 57.2 Å². The number of hydrogen-bond donors (Lipinski definition) is 0. The molecule has 0 radical (unpaired) electrons. The Morgan fingerprint density at radius 3 is 2.07 bits per heavy atom. The highest BCUT2D eigenvalue weighted by Crippen LogP contribution is 2.10. The molecule has 1 rings (SSSR count). The second-order valence-corrected chi connectivity index (χ2v) is 8.17. The topological polar surface area (TPSA) is 88.1 Å². The van der Waals surface area contributed by atoms with E-state index in [1.54, 1.807) is 18.2 Å². The van der Waals surface area contributed by atoms with Crippen LogP contribution in [0.3, 0.4) is 0 Å². The van der Waals surface area contributed by atoms with E-state index in [1.165, 1.54) is 37.8 Å². The van der Waals surface area contributed by atoms with Gasteiger partial charge >= 0.3 is 5.97 Å². The number of benzene rings is 1. The summed E-state index contributed by atoms with van der Waals surface area (Å²) in [5.41, 5.74) is 0. The van der Waals surface area contributed by atoms with Crippen molar-refractivity contribution in [3.05, 3.63) is 30.3 Å². The van der Waals surface area contributed by atoms with Gasteiger partial charge in [0, 0.05) is 6.42 Å². The number of esters is 1. The first-order valence-electron chi connectivity index (χ1n) is 10.3. The predicted octanol–water partition coefficient (Wildman–Crippen LogP) is 3.72. The Kier molecular flexibility index (Phi) is 14.4. The van der Waals surface area contributed by atoms with Gasteiger partial charge in [-0.05, 0) is 18.6 Å². The molecule has 0 aliphatic carbocycles. The van der Waals surface area contributed by atoms with Crippen LogP contribution in [0.2, 0.25) is 0 Å². The molecule has 0 bridgehead atoms. The molecule has 0 atom stereocenters. The molecule has 0 heterocycles. The molecule has 0 fully saturated rings. The lowest BCUT2D eigenvalue weighted by molar-refractivity contribution is -0.145. The Labute approximate surface area is 174 Å². The van der Waals surface area contributed by atoms with E-state index in [1.807, 2.05) is 0 Å². The van der Waals surface area contributed by atoms with Gasteiger partial charge in [-0.25, -0.2) is 0 Å². The second-order valence-electron chi connectivity index (χ2n) is 6.55. The molecular weight excluding hydrogens is 396 g/mol. The van der Waals surface area contributed by atoms with Crippen LogP contribution in [0, 0.1) is 0 Å². The van der Waals surface area contributed by atoms with Crippen LogP contribution >= 0.6 is 0 Å². The van der Waals surface area contributed by atoms with E-state index >= 15 is 0 Å². The van der Waals surface area contributed by atoms with E-state index in [4.69, 9.17) is 18.4 Å². The fourth-order valence-electron chi connectivity index (χ4n) is 2.52. The van der Waals surface area contributed by atoms with E-state index in [0.29, 0.717) is 26.2 Å². The van der Waals surface area contributed by atoms with Gasteiger partial charge < -0.3 is 14.2 Å². The van der Waals surface area contributed by atoms with E-state index < -0.39 is 10.1 Å². The molecule has 1 aromatic rings. The van der Waals surface area contributed by atoms with Crippen LogP contribution in [-0.4, -0.2) is 54.0 Å². The van der Waals surface area contributed by atoms with Crippen molar-refractivity contribution < 1.29 is 31.6 Å². The standard InChI is InChI=1S/C21H34O7S/c1-2-3-4-5-6-10-13-21(22)27-18-16-25-14-15-26-17-19-28-29(23,24)20-11-8-7-9-12-20/h7-9,11-12H,2-6,10,13-19H2,1H3. The van der Waals surface area contributed by atoms with Gasteiger partial charge in [0.05, 0.1) is 37.9 Å². The average molecular weight is 431 g/mol. The summed E-state index contributed by atoms with van der Waals surface area (Å²) < 4.78 is 44.3. The molecule has 0 amide bonds. The van der Waals surface area contributed by atoms with Gasteiger partial charge in [-0.3, -0.25) is 8.98 Å². The fourth-order valence-corrected chi connectivity index (χ4v) is 3.43. The predicted molar refractivity (Wildman–Crippen MR) is 110 cm³/mol. The van der Waals surface area contributed by atoms with Gasteiger partial charge in [-0.15, -0.1) is 0 Å². The number of rotatable bonds is 18. The quantitative estimate of drug-likeness (QED) is 0.199. The summed E-state index contributed by atoms with van der Waals surface area (Å²) in [7, 11) is -3.75. The van der Waals surface area contributed by atoms with Crippen LogP contribution in [0.4, 0.5) is 0 Å². The third-order valence-electron chi connectivity index (χ3n) is 4.10. The number of hydrogen-bond acceptors (Lipinski definition) is 7. The molecule has 0 spiro atoms. The van der Waals surface area contributed by atoms with E-state index in [0.717, 1.165) is 12.8 Å². The van der Waals surface area contributed by atoms with Gasteiger partial charge in [-0.2, -0.15) is 8.42 Å². The highest BCUT2D eigenvalue weighted by Gasteiger charge is 2.13. The summed E-state index contributed by atoms with van der Waals surface area (Å²) >= 11 is 0. The van der Waals surface area contributed by atoms with Crippen molar-refractivity contribution in [2.24, 2.45) is 0 Å². The summed E-state index contributed by atoms with van der Waals surface area (Å²) in [5.74, 6) is -0.183. The maximum atomic E-state index is 11.9. The van der Waals surface area contributed by atoms with Crippen molar-refractivity contribution in [1.29, 1.82) is 0 Å². The SMILES string of the molecule is CCCCCCCCC(=O)OCCOCCOCCOS(=O)(=O)c1ccccc1. The van der Waals surface area contributed by atoms with Gasteiger partial charge in [0.1, 0.15) is 6.61 Å². The van der Waals surface area contributed by atoms with E-state index in [2.05, 4.69) is 6.92 Å². The molecule has 8 heteroatoms. The highest BCUT2D eigenvalue weighted by molar-refractivity contribution is 7.86. The van der Waals surface area contributed by atoms with Crippen molar-refractivity contribution in [2.75, 3.05) is 39.6 Å². The van der Waals surface area contributed by atoms with Crippen molar-refractivity contribution in [1.82, 2.24) is 0 Å². The number of ether oxygens (including phenoxy) is 3. The largest absolute Gasteiger partial charge is 0.463 e. The van der Waals surface area contributed by atoms with Crippen molar-refractivity contribution in [3.63, 3.8) is 0 Å². The molecule has 1 aromatic carbocycles. The molecule has 0 saturated carbocycles. The lowest BCUT2D eigenvalue weighted by Gasteiger charge is -2.08. The first-order chi connectivity index (χ1) is 14.1. The van der Waals surface area contributed by atoms with Crippen LogP contribution in [0.5, 0.6) is 0 Å². The third kappa shape index (κ3) is 13.4. The zero-order valence-corrected chi connectivity index (χ0v) is 18.2. The summed E-state index contributed by atoms with van der Waals surface area (Å²) in [6.45, 7) is 3.44. The van der Waals surface area contributed by atoms with Crippen LogP contribution in [0.1, 0.15) is 51.9 Å². The summed E-state index contributed by atoms with van der Waals surface area (Å²) in [6.07, 6.45) is 7.28. The summed E-state index contributed by atoms with van der Waals surface area (Å²) in [6, 6.07) is 7.96. The molecule has 0 unspecified atom stereocenters. The van der Waals surface area contributed by atoms with Gasteiger partial charge in [0.2, 0.25) is 0 Å². The van der Waals surface area contributed by atoms with Crippen LogP contribution < -0.4 is 0 Å². The molecular formula is C21H34O7S. The minimum absolute atomic E-state index is 0.0622. The molecule has 0 aromatic heterocycles. The summed E-state index contributed by atoms with van der Waals surface area (Å²) in [4.78, 5) is 11.7. The van der Waals surface area contributed by atoms with Crippen LogP contribution in [0.25, 0.3) is 0 Å². The summed E-state index contributed by atoms with van der Waals surface area (Å²) in [5, 5.41) is 0. The molecule has 7 nitrogen and oxygen atoms in total. The molecule has 0 N–H and O–H groups in total. The Balaban J connectivity index is 1.89. The Bertz CT molecular complexity index is 632. The number of carbonyl (C=O) groups excluding carboxylic acids is 1. The zero-order valence-electron chi connectivity index (χ0n) is 17.3. The average Bonchev–Trinajstić information content (AvgIpc) is 2.72. The lowest BCUT2D eigenvalue weighted by atomic mass is 10.1. The Morgan fingerprint density at radius 2 is 1.38 bits per heavy atom. The van der Waals surface area contributed by atoms with E-state index in [-0.39, 0.29) is 30.7 Å². The Hall–Kier alpha value is -1.48. The smallest absolute Gasteiger partial charge is 0.305 e.